The van der Waals surface area contributed by atoms with E-state index in [1.54, 1.807) is 24.3 Å². The van der Waals surface area contributed by atoms with Gasteiger partial charge in [-0.1, -0.05) is 11.6 Å². The molecule has 11 nitrogen and oxygen atoms in total. The van der Waals surface area contributed by atoms with Crippen molar-refractivity contribution in [1.82, 2.24) is 0 Å². The lowest BCUT2D eigenvalue weighted by molar-refractivity contribution is -0.139. The van der Waals surface area contributed by atoms with E-state index in [0.29, 0.717) is 10.7 Å². The van der Waals surface area contributed by atoms with E-state index in [2.05, 4.69) is 4.74 Å². The average Bonchev–Trinajstić information content (AvgIpc) is 3.11. The fourth-order valence-corrected chi connectivity index (χ4v) is 3.87. The van der Waals surface area contributed by atoms with Crippen LogP contribution < -0.4 is 10.6 Å². The molecule has 0 saturated heterocycles. The van der Waals surface area contributed by atoms with Crippen LogP contribution in [0.5, 0.6) is 0 Å². The number of rotatable bonds is 7. The molecule has 1 atom stereocenters. The van der Waals surface area contributed by atoms with Gasteiger partial charge in [-0.05, 0) is 37.3 Å². The molecule has 194 valence electrons. The first kappa shape index (κ1) is 28.7. The molecule has 0 spiro atoms. The number of nitriles is 1. The van der Waals surface area contributed by atoms with E-state index >= 15 is 0 Å². The molecule has 1 aromatic rings. The van der Waals surface area contributed by atoms with Crippen molar-refractivity contribution >= 4 is 41.2 Å². The third-order valence-electron chi connectivity index (χ3n) is 5.52. The fourth-order valence-electron chi connectivity index (χ4n) is 3.74. The van der Waals surface area contributed by atoms with E-state index in [0.717, 1.165) is 46.7 Å². The van der Waals surface area contributed by atoms with E-state index in [4.69, 9.17) is 31.5 Å². The molecular weight excluding hydrogens is 506 g/mol. The first-order chi connectivity index (χ1) is 17.5. The molecule has 0 radical (unpaired) electrons. The summed E-state index contributed by atoms with van der Waals surface area (Å²) in [6.07, 6.45) is 2.88. The Morgan fingerprint density at radius 3 is 1.97 bits per heavy atom. The van der Waals surface area contributed by atoms with E-state index in [1.165, 1.54) is 11.8 Å². The highest BCUT2D eigenvalue weighted by molar-refractivity contribution is 6.30. The Kier molecular flexibility index (Phi) is 9.24. The molecule has 1 aliphatic rings. The van der Waals surface area contributed by atoms with E-state index in [1.807, 2.05) is 6.07 Å². The van der Waals surface area contributed by atoms with Crippen molar-refractivity contribution in [3.05, 3.63) is 75.6 Å². The number of carbonyl (C=O) groups is 4. The maximum atomic E-state index is 13.0. The third-order valence-corrected chi connectivity index (χ3v) is 5.78. The van der Waals surface area contributed by atoms with Gasteiger partial charge in [-0.15, -0.1) is 0 Å². The van der Waals surface area contributed by atoms with Gasteiger partial charge in [0.1, 0.15) is 17.4 Å². The van der Waals surface area contributed by atoms with Crippen molar-refractivity contribution in [3.8, 4) is 6.07 Å². The van der Waals surface area contributed by atoms with Gasteiger partial charge in [0.25, 0.3) is 0 Å². The predicted molar refractivity (Wildman–Crippen MR) is 131 cm³/mol. The highest BCUT2D eigenvalue weighted by Gasteiger charge is 2.52. The van der Waals surface area contributed by atoms with Gasteiger partial charge in [0.2, 0.25) is 0 Å². The molecule has 0 fully saturated rings. The Balaban J connectivity index is 3.07. The van der Waals surface area contributed by atoms with Crippen molar-refractivity contribution in [1.29, 1.82) is 5.26 Å². The van der Waals surface area contributed by atoms with Crippen molar-refractivity contribution in [2.45, 2.75) is 12.5 Å². The summed E-state index contributed by atoms with van der Waals surface area (Å²) in [5.41, 5.74) is 4.24. The van der Waals surface area contributed by atoms with E-state index in [-0.39, 0.29) is 28.1 Å². The lowest BCUT2D eigenvalue weighted by atomic mass is 9.80. The van der Waals surface area contributed by atoms with Crippen LogP contribution in [0.3, 0.4) is 0 Å². The van der Waals surface area contributed by atoms with Crippen LogP contribution in [0.2, 0.25) is 5.02 Å². The number of hydrogen-bond acceptors (Lipinski definition) is 11. The second-order valence-electron chi connectivity index (χ2n) is 7.50. The van der Waals surface area contributed by atoms with Crippen LogP contribution in [0.15, 0.2) is 70.6 Å². The Bertz CT molecular complexity index is 1290. The summed E-state index contributed by atoms with van der Waals surface area (Å²) in [5.74, 6) is -3.82. The SMILES string of the molecule is COC(=O)/C=C(/C=C1/C(C#N)=C(N)N(c2ccc(Cl)cc2)C1(C)/C(=C\C(=O)OC)C(=O)OC)C(=O)OC. The molecule has 2 rings (SSSR count). The molecule has 0 bridgehead atoms. The molecule has 12 heteroatoms. The molecule has 37 heavy (non-hydrogen) atoms. The number of nitrogens with two attached hydrogens (primary N) is 1. The van der Waals surface area contributed by atoms with Gasteiger partial charge >= 0.3 is 23.9 Å². The molecule has 1 unspecified atom stereocenters. The lowest BCUT2D eigenvalue weighted by Gasteiger charge is -2.39. The molecule has 2 N–H and O–H groups in total. The number of esters is 4. The summed E-state index contributed by atoms with van der Waals surface area (Å²) in [6, 6.07) is 8.22. The third kappa shape index (κ3) is 5.65. The van der Waals surface area contributed by atoms with Gasteiger partial charge in [0, 0.05) is 28.4 Å². The Morgan fingerprint density at radius 1 is 0.946 bits per heavy atom. The molecule has 0 amide bonds. The summed E-state index contributed by atoms with van der Waals surface area (Å²) in [7, 11) is 4.41. The summed E-state index contributed by atoms with van der Waals surface area (Å²) < 4.78 is 19.0. The van der Waals surface area contributed by atoms with Gasteiger partial charge in [-0.25, -0.2) is 19.2 Å². The predicted octanol–water partition coefficient (Wildman–Crippen LogP) is 2.08. The molecule has 0 aliphatic carbocycles. The summed E-state index contributed by atoms with van der Waals surface area (Å²) in [5, 5.41) is 10.5. The molecule has 0 saturated carbocycles. The summed E-state index contributed by atoms with van der Waals surface area (Å²) >= 11 is 6.04. The number of hydrogen-bond donors (Lipinski definition) is 1. The standard InChI is InChI=1S/C25H24ClN3O8/c1-25(19(24(33)37-5)12-21(31)35-3)18(10-14(23(32)36-4)11-20(30)34-2)17(13-27)22(28)29(25)16-8-6-15(26)7-9-16/h6-12H,28H2,1-5H3/b14-11-,18-10-,19-12-. The van der Waals surface area contributed by atoms with Crippen LogP contribution in [0.25, 0.3) is 0 Å². The fraction of sp³-hybridized carbons (Fsp3) is 0.240. The number of benzene rings is 1. The average molecular weight is 530 g/mol. The van der Waals surface area contributed by atoms with Gasteiger partial charge in [0.15, 0.2) is 0 Å². The van der Waals surface area contributed by atoms with Crippen LogP contribution >= 0.6 is 11.6 Å². The first-order valence-corrected chi connectivity index (χ1v) is 10.8. The number of anilines is 1. The Labute approximate surface area is 217 Å². The number of ether oxygens (including phenoxy) is 4. The van der Waals surface area contributed by atoms with Crippen molar-refractivity contribution in [2.75, 3.05) is 33.3 Å². The van der Waals surface area contributed by atoms with Crippen LogP contribution in [-0.2, 0) is 38.1 Å². The second-order valence-corrected chi connectivity index (χ2v) is 7.94. The molecule has 1 aromatic carbocycles. The van der Waals surface area contributed by atoms with E-state index < -0.39 is 29.4 Å². The number of methoxy groups -OCH3 is 4. The maximum Gasteiger partial charge on any atom is 0.338 e. The van der Waals surface area contributed by atoms with Gasteiger partial charge < -0.3 is 29.6 Å². The van der Waals surface area contributed by atoms with Crippen LogP contribution in [0, 0.1) is 11.3 Å². The minimum absolute atomic E-state index is 0.0245. The highest BCUT2D eigenvalue weighted by atomic mass is 35.5. The zero-order chi connectivity index (χ0) is 27.9. The smallest absolute Gasteiger partial charge is 0.338 e. The first-order valence-electron chi connectivity index (χ1n) is 10.4. The van der Waals surface area contributed by atoms with Gasteiger partial charge in [-0.2, -0.15) is 5.26 Å². The minimum Gasteiger partial charge on any atom is -0.466 e. The normalized spacial score (nSPS) is 18.8. The lowest BCUT2D eigenvalue weighted by Crippen LogP contribution is -2.49. The van der Waals surface area contributed by atoms with Crippen LogP contribution in [0.4, 0.5) is 5.69 Å². The van der Waals surface area contributed by atoms with Crippen LogP contribution in [0.1, 0.15) is 6.92 Å². The number of carbonyl (C=O) groups excluding carboxylic acids is 4. The van der Waals surface area contributed by atoms with Gasteiger partial charge in [-0.3, -0.25) is 0 Å². The topological polar surface area (TPSA) is 158 Å². The van der Waals surface area contributed by atoms with Crippen molar-refractivity contribution < 1.29 is 38.1 Å². The summed E-state index contributed by atoms with van der Waals surface area (Å²) in [4.78, 5) is 51.3. The number of halogens is 1. The van der Waals surface area contributed by atoms with Gasteiger partial charge in [0.05, 0.1) is 45.2 Å². The Morgan fingerprint density at radius 2 is 1.49 bits per heavy atom. The molecular formula is C25H24ClN3O8. The second kappa shape index (κ2) is 11.9. The highest BCUT2D eigenvalue weighted by Crippen LogP contribution is 2.48. The zero-order valence-corrected chi connectivity index (χ0v) is 21.4. The van der Waals surface area contributed by atoms with Crippen LogP contribution in [-0.4, -0.2) is 57.9 Å². The Hall–Kier alpha value is -4.56. The number of nitrogens with zero attached hydrogens (tertiary/aromatic N) is 2. The quantitative estimate of drug-likeness (QED) is 0.313. The van der Waals surface area contributed by atoms with Crippen molar-refractivity contribution in [2.24, 2.45) is 5.73 Å². The molecule has 0 aromatic heterocycles. The van der Waals surface area contributed by atoms with E-state index in [9.17, 15) is 24.4 Å². The monoisotopic (exact) mass is 529 g/mol. The van der Waals surface area contributed by atoms with Crippen molar-refractivity contribution in [3.63, 3.8) is 0 Å². The minimum atomic E-state index is -1.74. The summed E-state index contributed by atoms with van der Waals surface area (Å²) in [6.45, 7) is 1.48. The largest absolute Gasteiger partial charge is 0.466 e. The zero-order valence-electron chi connectivity index (χ0n) is 20.7. The molecule has 1 heterocycles. The molecule has 1 aliphatic heterocycles. The maximum absolute atomic E-state index is 13.0.